The maximum Gasteiger partial charge on any atom is 0.269 e. The van der Waals surface area contributed by atoms with Gasteiger partial charge in [-0.25, -0.2) is 13.4 Å². The van der Waals surface area contributed by atoms with Crippen LogP contribution < -0.4 is 0 Å². The summed E-state index contributed by atoms with van der Waals surface area (Å²) in [5, 5.41) is 13.9. The molecule has 0 radical (unpaired) electrons. The van der Waals surface area contributed by atoms with Gasteiger partial charge in [0.2, 0.25) is 10.0 Å². The number of non-ortho nitro benzene ring substituents is 1. The van der Waals surface area contributed by atoms with Gasteiger partial charge in [-0.1, -0.05) is 20.8 Å². The predicted molar refractivity (Wildman–Crippen MR) is 108 cm³/mol. The Hall–Kier alpha value is -1.88. The van der Waals surface area contributed by atoms with Crippen LogP contribution in [-0.4, -0.2) is 53.7 Å². The van der Waals surface area contributed by atoms with Crippen LogP contribution in [0.25, 0.3) is 0 Å². The van der Waals surface area contributed by atoms with Crippen molar-refractivity contribution < 1.29 is 13.3 Å². The summed E-state index contributed by atoms with van der Waals surface area (Å²) in [6, 6.07) is 5.03. The molecule has 2 aromatic rings. The molecule has 28 heavy (non-hydrogen) atoms. The van der Waals surface area contributed by atoms with Crippen LogP contribution in [0.4, 0.5) is 5.69 Å². The minimum absolute atomic E-state index is 0.0201. The minimum atomic E-state index is -3.64. The van der Waals surface area contributed by atoms with Crippen LogP contribution in [0.5, 0.6) is 0 Å². The van der Waals surface area contributed by atoms with E-state index < -0.39 is 14.9 Å². The standard InChI is InChI=1S/C18H24N4O4S2/c1-18(2,3)16-13-27-17(19-16)12-20-8-10-21(11-9-20)28(25,26)15-6-4-14(5-7-15)22(23)24/h4-7,13H,8-12H2,1-3H3. The van der Waals surface area contributed by atoms with Crippen molar-refractivity contribution >= 4 is 27.0 Å². The molecule has 1 fully saturated rings. The summed E-state index contributed by atoms with van der Waals surface area (Å²) in [6.07, 6.45) is 0. The van der Waals surface area contributed by atoms with Crippen LogP contribution in [0.3, 0.4) is 0 Å². The Morgan fingerprint density at radius 1 is 1.14 bits per heavy atom. The van der Waals surface area contributed by atoms with Crippen molar-refractivity contribution in [1.82, 2.24) is 14.2 Å². The van der Waals surface area contributed by atoms with Crippen molar-refractivity contribution in [3.05, 3.63) is 50.5 Å². The number of sulfonamides is 1. The highest BCUT2D eigenvalue weighted by Crippen LogP contribution is 2.25. The van der Waals surface area contributed by atoms with Gasteiger partial charge < -0.3 is 0 Å². The molecule has 0 aliphatic carbocycles. The fourth-order valence-electron chi connectivity index (χ4n) is 2.94. The van der Waals surface area contributed by atoms with Gasteiger partial charge in [-0.2, -0.15) is 4.31 Å². The first-order valence-electron chi connectivity index (χ1n) is 8.99. The Bertz CT molecular complexity index is 941. The molecule has 10 heteroatoms. The van der Waals surface area contributed by atoms with Crippen LogP contribution >= 0.6 is 11.3 Å². The van der Waals surface area contributed by atoms with Gasteiger partial charge in [0.15, 0.2) is 0 Å². The highest BCUT2D eigenvalue weighted by atomic mass is 32.2. The average molecular weight is 425 g/mol. The Kier molecular flexibility index (Phi) is 5.85. The van der Waals surface area contributed by atoms with Gasteiger partial charge in [0.1, 0.15) is 5.01 Å². The van der Waals surface area contributed by atoms with Gasteiger partial charge >= 0.3 is 0 Å². The van der Waals surface area contributed by atoms with E-state index in [0.29, 0.717) is 32.7 Å². The molecule has 1 aromatic carbocycles. The summed E-state index contributed by atoms with van der Waals surface area (Å²) in [4.78, 5) is 17.2. The van der Waals surface area contributed by atoms with Crippen molar-refractivity contribution in [2.45, 2.75) is 37.6 Å². The molecule has 1 aliphatic rings. The molecule has 0 saturated carbocycles. The lowest BCUT2D eigenvalue weighted by Crippen LogP contribution is -2.48. The summed E-state index contributed by atoms with van der Waals surface area (Å²) in [5.74, 6) is 0. The van der Waals surface area contributed by atoms with Crippen molar-refractivity contribution in [2.24, 2.45) is 0 Å². The number of nitro benzene ring substituents is 1. The van der Waals surface area contributed by atoms with E-state index in [0.717, 1.165) is 10.7 Å². The average Bonchev–Trinajstić information content (AvgIpc) is 3.11. The molecule has 1 aliphatic heterocycles. The molecule has 3 rings (SSSR count). The largest absolute Gasteiger partial charge is 0.294 e. The zero-order chi connectivity index (χ0) is 20.5. The van der Waals surface area contributed by atoms with E-state index in [4.69, 9.17) is 4.98 Å². The molecule has 0 atom stereocenters. The number of aromatic nitrogens is 1. The third-order valence-corrected chi connectivity index (χ3v) is 7.44. The third-order valence-electron chi connectivity index (χ3n) is 4.70. The lowest BCUT2D eigenvalue weighted by molar-refractivity contribution is -0.384. The van der Waals surface area contributed by atoms with Crippen LogP contribution in [0.2, 0.25) is 0 Å². The minimum Gasteiger partial charge on any atom is -0.294 e. The first-order valence-corrected chi connectivity index (χ1v) is 11.3. The highest BCUT2D eigenvalue weighted by Gasteiger charge is 2.29. The zero-order valence-corrected chi connectivity index (χ0v) is 17.8. The highest BCUT2D eigenvalue weighted by molar-refractivity contribution is 7.89. The van der Waals surface area contributed by atoms with Crippen molar-refractivity contribution in [3.8, 4) is 0 Å². The monoisotopic (exact) mass is 424 g/mol. The van der Waals surface area contributed by atoms with E-state index in [1.807, 2.05) is 0 Å². The molecular formula is C18H24N4O4S2. The first-order chi connectivity index (χ1) is 13.1. The molecule has 0 bridgehead atoms. The molecule has 1 saturated heterocycles. The molecule has 0 spiro atoms. The van der Waals surface area contributed by atoms with Crippen LogP contribution in [-0.2, 0) is 22.0 Å². The fourth-order valence-corrected chi connectivity index (χ4v) is 5.42. The van der Waals surface area contributed by atoms with Crippen LogP contribution in [0.15, 0.2) is 34.5 Å². The number of hydrogen-bond acceptors (Lipinski definition) is 7. The number of nitro groups is 1. The van der Waals surface area contributed by atoms with E-state index in [1.165, 1.54) is 28.6 Å². The smallest absolute Gasteiger partial charge is 0.269 e. The summed E-state index contributed by atoms with van der Waals surface area (Å²) in [7, 11) is -3.64. The van der Waals surface area contributed by atoms with Gasteiger partial charge in [0.25, 0.3) is 5.69 Å². The topological polar surface area (TPSA) is 96.7 Å². The Morgan fingerprint density at radius 3 is 2.25 bits per heavy atom. The van der Waals surface area contributed by atoms with Crippen molar-refractivity contribution in [3.63, 3.8) is 0 Å². The van der Waals surface area contributed by atoms with E-state index in [2.05, 4.69) is 31.1 Å². The molecular weight excluding hydrogens is 400 g/mol. The third kappa shape index (κ3) is 4.57. The van der Waals surface area contributed by atoms with Gasteiger partial charge in [-0.05, 0) is 12.1 Å². The number of rotatable bonds is 5. The van der Waals surface area contributed by atoms with E-state index in [-0.39, 0.29) is 16.0 Å². The second-order valence-electron chi connectivity index (χ2n) is 7.81. The van der Waals surface area contributed by atoms with E-state index in [1.54, 1.807) is 11.3 Å². The molecule has 8 nitrogen and oxygen atoms in total. The normalized spacial score (nSPS) is 17.0. The molecule has 0 unspecified atom stereocenters. The van der Waals surface area contributed by atoms with Crippen molar-refractivity contribution in [1.29, 1.82) is 0 Å². The van der Waals surface area contributed by atoms with E-state index in [9.17, 15) is 18.5 Å². The Balaban J connectivity index is 1.61. The van der Waals surface area contributed by atoms with Crippen LogP contribution in [0, 0.1) is 10.1 Å². The second-order valence-corrected chi connectivity index (χ2v) is 10.7. The lowest BCUT2D eigenvalue weighted by Gasteiger charge is -2.33. The maximum absolute atomic E-state index is 12.8. The summed E-state index contributed by atoms with van der Waals surface area (Å²) in [6.45, 7) is 9.13. The maximum atomic E-state index is 12.8. The quantitative estimate of drug-likeness (QED) is 0.541. The molecule has 1 aromatic heterocycles. The lowest BCUT2D eigenvalue weighted by atomic mass is 9.93. The summed E-state index contributed by atoms with van der Waals surface area (Å²) >= 11 is 1.64. The second kappa shape index (κ2) is 7.86. The first kappa shape index (κ1) is 20.8. The number of thiazole rings is 1. The van der Waals surface area contributed by atoms with E-state index >= 15 is 0 Å². The number of hydrogen-bond donors (Lipinski definition) is 0. The number of benzene rings is 1. The van der Waals surface area contributed by atoms with Crippen LogP contribution in [0.1, 0.15) is 31.5 Å². The summed E-state index contributed by atoms with van der Waals surface area (Å²) < 4.78 is 27.0. The van der Waals surface area contributed by atoms with Gasteiger partial charge in [-0.15, -0.1) is 11.3 Å². The van der Waals surface area contributed by atoms with Gasteiger partial charge in [-0.3, -0.25) is 15.0 Å². The Labute approximate surface area is 169 Å². The number of nitrogens with zero attached hydrogens (tertiary/aromatic N) is 4. The summed E-state index contributed by atoms with van der Waals surface area (Å²) in [5.41, 5.74) is 0.973. The molecule has 0 amide bonds. The molecule has 152 valence electrons. The zero-order valence-electron chi connectivity index (χ0n) is 16.2. The fraction of sp³-hybridized carbons (Fsp3) is 0.500. The van der Waals surface area contributed by atoms with Gasteiger partial charge in [0, 0.05) is 49.1 Å². The predicted octanol–water partition coefficient (Wildman–Crippen LogP) is 2.86. The number of piperazine rings is 1. The van der Waals surface area contributed by atoms with Gasteiger partial charge in [0.05, 0.1) is 22.1 Å². The molecule has 0 N–H and O–H groups in total. The molecule has 2 heterocycles. The SMILES string of the molecule is CC(C)(C)c1csc(CN2CCN(S(=O)(=O)c3ccc([N+](=O)[O-])cc3)CC2)n1. The van der Waals surface area contributed by atoms with Crippen molar-refractivity contribution in [2.75, 3.05) is 26.2 Å². The Morgan fingerprint density at radius 2 is 1.75 bits per heavy atom.